The molecule has 0 aliphatic rings. The van der Waals surface area contributed by atoms with Crippen LogP contribution in [0.2, 0.25) is 0 Å². The molecule has 0 amide bonds. The number of carbonyl (C=O) groups is 1. The van der Waals surface area contributed by atoms with Crippen molar-refractivity contribution < 1.29 is 14.3 Å². The van der Waals surface area contributed by atoms with Crippen molar-refractivity contribution in [2.75, 3.05) is 13.2 Å². The van der Waals surface area contributed by atoms with E-state index in [9.17, 15) is 4.79 Å². The molecule has 4 aromatic rings. The van der Waals surface area contributed by atoms with E-state index in [1.54, 1.807) is 0 Å². The Kier molecular flexibility index (Phi) is 14.2. The minimum atomic E-state index is 0.603. The SMILES string of the molecule is CCCCC(CC)COc1ccc(-c2cc(/C=C/c3ccc(C=O)cc3)cc(-c3ccc(OCC(CC)CCCC)cc3)c2)cc1. The van der Waals surface area contributed by atoms with E-state index in [4.69, 9.17) is 9.47 Å². The first-order chi connectivity index (χ1) is 22.5. The van der Waals surface area contributed by atoms with Crippen molar-refractivity contribution in [3.05, 3.63) is 108 Å². The fourth-order valence-electron chi connectivity index (χ4n) is 5.67. The van der Waals surface area contributed by atoms with Crippen LogP contribution in [0.5, 0.6) is 11.5 Å². The van der Waals surface area contributed by atoms with Crippen molar-refractivity contribution in [2.45, 2.75) is 79.1 Å². The van der Waals surface area contributed by atoms with Gasteiger partial charge in [-0.1, -0.05) is 127 Å². The van der Waals surface area contributed by atoms with Gasteiger partial charge in [-0.25, -0.2) is 0 Å². The van der Waals surface area contributed by atoms with Crippen LogP contribution in [0.25, 0.3) is 34.4 Å². The molecule has 2 atom stereocenters. The molecule has 0 saturated heterocycles. The monoisotopic (exact) mass is 616 g/mol. The van der Waals surface area contributed by atoms with Crippen molar-refractivity contribution in [3.8, 4) is 33.8 Å². The van der Waals surface area contributed by atoms with Gasteiger partial charge in [-0.3, -0.25) is 4.79 Å². The van der Waals surface area contributed by atoms with E-state index in [1.807, 2.05) is 24.3 Å². The minimum absolute atomic E-state index is 0.603. The van der Waals surface area contributed by atoms with Gasteiger partial charge in [0.05, 0.1) is 13.2 Å². The van der Waals surface area contributed by atoms with Gasteiger partial charge in [-0.2, -0.15) is 0 Å². The van der Waals surface area contributed by atoms with Gasteiger partial charge in [0, 0.05) is 5.56 Å². The van der Waals surface area contributed by atoms with E-state index in [0.29, 0.717) is 17.4 Å². The van der Waals surface area contributed by atoms with E-state index < -0.39 is 0 Å². The van der Waals surface area contributed by atoms with Crippen LogP contribution in [0.15, 0.2) is 91.0 Å². The number of hydrogen-bond acceptors (Lipinski definition) is 3. The third-order valence-electron chi connectivity index (χ3n) is 8.93. The molecule has 0 aliphatic heterocycles. The first kappa shape index (κ1) is 34.8. The number of unbranched alkanes of at least 4 members (excludes halogenated alkanes) is 2. The topological polar surface area (TPSA) is 35.5 Å². The lowest BCUT2D eigenvalue weighted by Gasteiger charge is -2.16. The number of rotatable bonds is 19. The third-order valence-corrected chi connectivity index (χ3v) is 8.93. The summed E-state index contributed by atoms with van der Waals surface area (Å²) in [6, 6.07) is 31.4. The van der Waals surface area contributed by atoms with Gasteiger partial charge >= 0.3 is 0 Å². The average molecular weight is 617 g/mol. The van der Waals surface area contributed by atoms with Gasteiger partial charge < -0.3 is 9.47 Å². The molecule has 0 spiro atoms. The largest absolute Gasteiger partial charge is 0.493 e. The van der Waals surface area contributed by atoms with Crippen molar-refractivity contribution in [1.82, 2.24) is 0 Å². The van der Waals surface area contributed by atoms with Gasteiger partial charge in [0.2, 0.25) is 0 Å². The van der Waals surface area contributed by atoms with E-state index in [2.05, 4.69) is 107 Å². The molecule has 3 nitrogen and oxygen atoms in total. The van der Waals surface area contributed by atoms with Crippen LogP contribution in [0.3, 0.4) is 0 Å². The second-order valence-electron chi connectivity index (χ2n) is 12.5. The molecule has 0 aromatic heterocycles. The van der Waals surface area contributed by atoms with Gasteiger partial charge in [0.25, 0.3) is 0 Å². The summed E-state index contributed by atoms with van der Waals surface area (Å²) >= 11 is 0. The fraction of sp³-hybridized carbons (Fsp3) is 0.372. The zero-order valence-electron chi connectivity index (χ0n) is 28.3. The summed E-state index contributed by atoms with van der Waals surface area (Å²) < 4.78 is 12.4. The molecule has 0 aliphatic carbocycles. The molecule has 0 saturated carbocycles. The molecule has 242 valence electrons. The van der Waals surface area contributed by atoms with Gasteiger partial charge in [-0.15, -0.1) is 0 Å². The summed E-state index contributed by atoms with van der Waals surface area (Å²) in [6.45, 7) is 10.5. The third kappa shape index (κ3) is 10.8. The zero-order chi connectivity index (χ0) is 32.6. The summed E-state index contributed by atoms with van der Waals surface area (Å²) in [6.07, 6.45) is 14.8. The predicted octanol–water partition coefficient (Wildman–Crippen LogP) is 12.2. The van der Waals surface area contributed by atoms with Crippen LogP contribution < -0.4 is 9.47 Å². The average Bonchev–Trinajstić information content (AvgIpc) is 3.11. The van der Waals surface area contributed by atoms with Crippen molar-refractivity contribution in [1.29, 1.82) is 0 Å². The van der Waals surface area contributed by atoms with Crippen molar-refractivity contribution in [2.24, 2.45) is 11.8 Å². The summed E-state index contributed by atoms with van der Waals surface area (Å²) in [5, 5.41) is 0. The molecule has 3 heteroatoms. The number of aldehydes is 1. The Hall–Kier alpha value is -4.11. The Balaban J connectivity index is 1.56. The number of carbonyl (C=O) groups excluding carboxylic acids is 1. The van der Waals surface area contributed by atoms with Gasteiger partial charge in [0.1, 0.15) is 17.8 Å². The van der Waals surface area contributed by atoms with Crippen LogP contribution in [0.1, 0.15) is 101 Å². The molecule has 4 rings (SSSR count). The van der Waals surface area contributed by atoms with Crippen molar-refractivity contribution in [3.63, 3.8) is 0 Å². The molecule has 46 heavy (non-hydrogen) atoms. The van der Waals surface area contributed by atoms with Gasteiger partial charge in [-0.05, 0) is 101 Å². The summed E-state index contributed by atoms with van der Waals surface area (Å²) in [4.78, 5) is 11.1. The molecular formula is C43H52O3. The summed E-state index contributed by atoms with van der Waals surface area (Å²) in [5.41, 5.74) is 7.43. The molecule has 0 bridgehead atoms. The van der Waals surface area contributed by atoms with Crippen LogP contribution in [0.4, 0.5) is 0 Å². The quantitative estimate of drug-likeness (QED) is 0.0776. The highest BCUT2D eigenvalue weighted by Crippen LogP contribution is 2.32. The number of hydrogen-bond donors (Lipinski definition) is 0. The standard InChI is InChI=1S/C43H52O3/c1-5-9-11-33(7-3)31-45-42-23-19-38(20-24-42)40-27-37(18-15-35-13-16-36(30-44)17-14-35)28-41(29-40)39-21-25-43(26-22-39)46-32-34(8-4)12-10-6-2/h13-30,33-34H,5-12,31-32H2,1-4H3/b18-15+. The summed E-state index contributed by atoms with van der Waals surface area (Å²) in [7, 11) is 0. The van der Waals surface area contributed by atoms with E-state index >= 15 is 0 Å². The maximum absolute atomic E-state index is 11.1. The Morgan fingerprint density at radius 2 is 0.957 bits per heavy atom. The normalized spacial score (nSPS) is 12.6. The lowest BCUT2D eigenvalue weighted by Crippen LogP contribution is -2.11. The Labute approximate surface area is 277 Å². The van der Waals surface area contributed by atoms with E-state index in [0.717, 1.165) is 77.2 Å². The molecule has 0 heterocycles. The van der Waals surface area contributed by atoms with E-state index in [-0.39, 0.29) is 0 Å². The Morgan fingerprint density at radius 3 is 1.37 bits per heavy atom. The number of ether oxygens (including phenoxy) is 2. The lowest BCUT2D eigenvalue weighted by atomic mass is 9.95. The maximum Gasteiger partial charge on any atom is 0.150 e. The molecule has 0 radical (unpaired) electrons. The molecule has 0 fully saturated rings. The number of benzene rings is 4. The fourth-order valence-corrected chi connectivity index (χ4v) is 5.67. The second kappa shape index (κ2) is 18.8. The maximum atomic E-state index is 11.1. The highest BCUT2D eigenvalue weighted by Gasteiger charge is 2.10. The first-order valence-electron chi connectivity index (χ1n) is 17.4. The highest BCUT2D eigenvalue weighted by atomic mass is 16.5. The first-order valence-corrected chi connectivity index (χ1v) is 17.4. The molecule has 4 aromatic carbocycles. The molecule has 0 N–H and O–H groups in total. The smallest absolute Gasteiger partial charge is 0.150 e. The van der Waals surface area contributed by atoms with Crippen molar-refractivity contribution >= 4 is 18.4 Å². The molecule has 2 unspecified atom stereocenters. The van der Waals surface area contributed by atoms with Gasteiger partial charge in [0.15, 0.2) is 0 Å². The van der Waals surface area contributed by atoms with Crippen LogP contribution in [-0.2, 0) is 0 Å². The predicted molar refractivity (Wildman–Crippen MR) is 196 cm³/mol. The minimum Gasteiger partial charge on any atom is -0.493 e. The van der Waals surface area contributed by atoms with Crippen LogP contribution >= 0.6 is 0 Å². The second-order valence-corrected chi connectivity index (χ2v) is 12.5. The van der Waals surface area contributed by atoms with Crippen LogP contribution in [0, 0.1) is 11.8 Å². The highest BCUT2D eigenvalue weighted by molar-refractivity contribution is 5.81. The Morgan fingerprint density at radius 1 is 0.522 bits per heavy atom. The summed E-state index contributed by atoms with van der Waals surface area (Å²) in [5.74, 6) is 3.05. The zero-order valence-corrected chi connectivity index (χ0v) is 28.3. The van der Waals surface area contributed by atoms with E-state index in [1.165, 1.54) is 38.5 Å². The van der Waals surface area contributed by atoms with Crippen LogP contribution in [-0.4, -0.2) is 19.5 Å². The molecular weight excluding hydrogens is 564 g/mol. The Bertz CT molecular complexity index is 1400. The lowest BCUT2D eigenvalue weighted by molar-refractivity contribution is 0.112.